The van der Waals surface area contributed by atoms with Crippen LogP contribution < -0.4 is 0 Å². The van der Waals surface area contributed by atoms with Crippen LogP contribution in [0.25, 0.3) is 0 Å². The van der Waals surface area contributed by atoms with Crippen molar-refractivity contribution in [3.05, 3.63) is 24.3 Å². The third kappa shape index (κ3) is 7.92. The minimum absolute atomic E-state index is 0.0909. The van der Waals surface area contributed by atoms with Gasteiger partial charge in [-0.2, -0.15) is 0 Å². The van der Waals surface area contributed by atoms with Crippen LogP contribution in [0.3, 0.4) is 0 Å². The van der Waals surface area contributed by atoms with Gasteiger partial charge in [0.05, 0.1) is 13.2 Å². The Labute approximate surface area is 186 Å². The van der Waals surface area contributed by atoms with Crippen molar-refractivity contribution in [3.8, 4) is 0 Å². The lowest BCUT2D eigenvalue weighted by Crippen LogP contribution is -2.37. The minimum Gasteiger partial charge on any atom is -0.466 e. The van der Waals surface area contributed by atoms with Crippen LogP contribution >= 0.6 is 0 Å². The number of unbranched alkanes of at least 4 members (excludes halogenated alkanes) is 1. The number of carbonyl (C=O) groups is 5. The molecule has 2 rings (SSSR count). The van der Waals surface area contributed by atoms with E-state index in [1.807, 2.05) is 0 Å². The van der Waals surface area contributed by atoms with Gasteiger partial charge in [-0.05, 0) is 30.8 Å². The van der Waals surface area contributed by atoms with E-state index in [0.717, 1.165) is 4.90 Å². The van der Waals surface area contributed by atoms with Crippen LogP contribution in [0, 0.1) is 11.8 Å². The topological polar surface area (TPSA) is 131 Å². The number of aliphatic hydroxyl groups is 1. The Balaban J connectivity index is 1.50. The molecule has 2 aliphatic heterocycles. The Morgan fingerprint density at radius 3 is 1.84 bits per heavy atom. The van der Waals surface area contributed by atoms with Crippen molar-refractivity contribution in [1.29, 1.82) is 0 Å². The zero-order chi connectivity index (χ0) is 23.7. The number of rotatable bonds is 13. The lowest BCUT2D eigenvalue weighted by atomic mass is 10.1. The molecule has 3 amide bonds. The number of imide groups is 1. The monoisotopic (exact) mass is 450 g/mol. The van der Waals surface area contributed by atoms with Gasteiger partial charge in [-0.15, -0.1) is 0 Å². The summed E-state index contributed by atoms with van der Waals surface area (Å²) in [5.74, 6) is -2.22. The van der Waals surface area contributed by atoms with Gasteiger partial charge in [-0.3, -0.25) is 28.9 Å². The summed E-state index contributed by atoms with van der Waals surface area (Å²) in [5.41, 5.74) is 0. The minimum atomic E-state index is -0.950. The van der Waals surface area contributed by atoms with E-state index in [0.29, 0.717) is 12.8 Å². The van der Waals surface area contributed by atoms with Crippen LogP contribution in [0.1, 0.15) is 39.5 Å². The largest absolute Gasteiger partial charge is 0.466 e. The fourth-order valence-electron chi connectivity index (χ4n) is 3.35. The van der Waals surface area contributed by atoms with Gasteiger partial charge in [0.2, 0.25) is 5.91 Å². The molecule has 0 saturated carbocycles. The van der Waals surface area contributed by atoms with Gasteiger partial charge < -0.3 is 19.5 Å². The van der Waals surface area contributed by atoms with E-state index in [2.05, 4.69) is 0 Å². The molecule has 0 radical (unpaired) electrons. The summed E-state index contributed by atoms with van der Waals surface area (Å²) >= 11 is 0. The van der Waals surface area contributed by atoms with Crippen molar-refractivity contribution in [2.75, 3.05) is 26.3 Å². The molecule has 2 heterocycles. The number of esters is 2. The van der Waals surface area contributed by atoms with Gasteiger partial charge in [-0.25, -0.2) is 0 Å². The second-order valence-electron chi connectivity index (χ2n) is 8.15. The molecule has 0 fully saturated rings. The molecule has 0 bridgehead atoms. The highest BCUT2D eigenvalue weighted by Gasteiger charge is 2.27. The van der Waals surface area contributed by atoms with Gasteiger partial charge in [-0.1, -0.05) is 13.8 Å². The summed E-state index contributed by atoms with van der Waals surface area (Å²) < 4.78 is 10.3. The van der Waals surface area contributed by atoms with Crippen molar-refractivity contribution in [2.24, 2.45) is 11.8 Å². The second kappa shape index (κ2) is 12.1. The molecule has 2 aliphatic rings. The van der Waals surface area contributed by atoms with Crippen molar-refractivity contribution < 1.29 is 38.6 Å². The van der Waals surface area contributed by atoms with Gasteiger partial charge in [0.15, 0.2) is 0 Å². The third-order valence-electron chi connectivity index (χ3n) is 5.01. The SMILES string of the molecule is CC(CC(=O)OCCCCOC(=O)CC(C)CN1C(=O)C=CC1O)CN1C(=O)C=CC1=O. The van der Waals surface area contributed by atoms with Crippen LogP contribution in [-0.4, -0.2) is 77.1 Å². The molecule has 0 aromatic heterocycles. The summed E-state index contributed by atoms with van der Waals surface area (Å²) in [6.07, 6.45) is 5.43. The number of carbonyl (C=O) groups excluding carboxylic acids is 5. The summed E-state index contributed by atoms with van der Waals surface area (Å²) in [7, 11) is 0. The molecule has 0 aromatic rings. The normalized spacial score (nSPS) is 19.6. The highest BCUT2D eigenvalue weighted by atomic mass is 16.5. The molecule has 10 nitrogen and oxygen atoms in total. The van der Waals surface area contributed by atoms with Gasteiger partial charge in [0, 0.05) is 44.2 Å². The van der Waals surface area contributed by atoms with Crippen LogP contribution in [0.4, 0.5) is 0 Å². The van der Waals surface area contributed by atoms with Gasteiger partial charge >= 0.3 is 11.9 Å². The van der Waals surface area contributed by atoms with Gasteiger partial charge in [0.25, 0.3) is 11.8 Å². The Hall–Kier alpha value is -3.01. The first-order chi connectivity index (χ1) is 15.2. The van der Waals surface area contributed by atoms with E-state index in [9.17, 15) is 29.1 Å². The predicted molar refractivity (Wildman–Crippen MR) is 111 cm³/mol. The molecule has 10 heteroatoms. The number of nitrogens with zero attached hydrogens (tertiary/aromatic N) is 2. The van der Waals surface area contributed by atoms with Crippen LogP contribution in [0.15, 0.2) is 24.3 Å². The second-order valence-corrected chi connectivity index (χ2v) is 8.15. The first kappa shape index (κ1) is 25.3. The number of amides is 3. The molecule has 3 atom stereocenters. The first-order valence-electron chi connectivity index (χ1n) is 10.7. The highest BCUT2D eigenvalue weighted by molar-refractivity contribution is 6.12. The van der Waals surface area contributed by atoms with E-state index in [-0.39, 0.29) is 68.7 Å². The lowest BCUT2D eigenvalue weighted by Gasteiger charge is -2.23. The Bertz CT molecular complexity index is 773. The summed E-state index contributed by atoms with van der Waals surface area (Å²) in [6.45, 7) is 4.36. The molecule has 0 saturated heterocycles. The zero-order valence-corrected chi connectivity index (χ0v) is 18.4. The van der Waals surface area contributed by atoms with Crippen LogP contribution in [0.2, 0.25) is 0 Å². The Morgan fingerprint density at radius 1 is 0.875 bits per heavy atom. The molecule has 0 aliphatic carbocycles. The molecule has 32 heavy (non-hydrogen) atoms. The zero-order valence-electron chi connectivity index (χ0n) is 18.4. The van der Waals surface area contributed by atoms with E-state index in [1.54, 1.807) is 13.8 Å². The van der Waals surface area contributed by atoms with Crippen LogP contribution in [0.5, 0.6) is 0 Å². The summed E-state index contributed by atoms with van der Waals surface area (Å²) in [6, 6.07) is 0. The number of aliphatic hydroxyl groups excluding tert-OH is 1. The Morgan fingerprint density at radius 2 is 1.38 bits per heavy atom. The third-order valence-corrected chi connectivity index (χ3v) is 5.01. The first-order valence-corrected chi connectivity index (χ1v) is 10.7. The van der Waals surface area contributed by atoms with Crippen molar-refractivity contribution in [1.82, 2.24) is 9.80 Å². The van der Waals surface area contributed by atoms with E-state index in [4.69, 9.17) is 9.47 Å². The van der Waals surface area contributed by atoms with Crippen molar-refractivity contribution in [2.45, 2.75) is 45.8 Å². The molecule has 1 N–H and O–H groups in total. The Kier molecular flexibility index (Phi) is 9.58. The standard InChI is InChI=1S/C22H30N2O8/c1-15(13-23-17(25)5-6-18(23)26)11-21(29)31-9-3-4-10-32-22(30)12-16(2)14-24-19(27)7-8-20(24)28/h5-8,15-17,25H,3-4,9-14H2,1-2H3. The maximum Gasteiger partial charge on any atom is 0.306 e. The average molecular weight is 450 g/mol. The van der Waals surface area contributed by atoms with Crippen LogP contribution in [-0.2, 0) is 33.4 Å². The fraction of sp³-hybridized carbons (Fsp3) is 0.591. The predicted octanol–water partition coefficient (Wildman–Crippen LogP) is 0.547. The fourth-order valence-corrected chi connectivity index (χ4v) is 3.35. The molecule has 0 aromatic carbocycles. The lowest BCUT2D eigenvalue weighted by molar-refractivity contribution is -0.148. The van der Waals surface area contributed by atoms with Gasteiger partial charge in [0.1, 0.15) is 6.23 Å². The molecular weight excluding hydrogens is 420 g/mol. The summed E-state index contributed by atoms with van der Waals surface area (Å²) in [5, 5.41) is 9.67. The van der Waals surface area contributed by atoms with Crippen molar-refractivity contribution >= 4 is 29.7 Å². The highest BCUT2D eigenvalue weighted by Crippen LogP contribution is 2.14. The smallest absolute Gasteiger partial charge is 0.306 e. The maximum absolute atomic E-state index is 11.9. The molecule has 176 valence electrons. The van der Waals surface area contributed by atoms with Crippen molar-refractivity contribution in [3.63, 3.8) is 0 Å². The van der Waals surface area contributed by atoms with E-state index >= 15 is 0 Å². The maximum atomic E-state index is 11.9. The molecule has 3 unspecified atom stereocenters. The average Bonchev–Trinajstić information content (AvgIpc) is 3.20. The summed E-state index contributed by atoms with van der Waals surface area (Å²) in [4.78, 5) is 60.8. The number of ether oxygens (including phenoxy) is 2. The van der Waals surface area contributed by atoms with E-state index < -0.39 is 18.2 Å². The quantitative estimate of drug-likeness (QED) is 0.245. The molecule has 0 spiro atoms. The van der Waals surface area contributed by atoms with E-state index in [1.165, 1.54) is 29.2 Å². The number of hydrogen-bond donors (Lipinski definition) is 1. The molecular formula is C22H30N2O8. The number of hydrogen-bond acceptors (Lipinski definition) is 8.